The summed E-state index contributed by atoms with van der Waals surface area (Å²) in [5, 5.41) is 0. The Kier molecular flexibility index (Phi) is 5.80. The molecule has 1 atom stereocenters. The van der Waals surface area contributed by atoms with Gasteiger partial charge in [-0.25, -0.2) is 4.57 Å². The Morgan fingerprint density at radius 2 is 1.81 bits per heavy atom. The Morgan fingerprint density at radius 3 is 2.50 bits per heavy atom. The van der Waals surface area contributed by atoms with Crippen molar-refractivity contribution in [2.45, 2.75) is 39.0 Å². The summed E-state index contributed by atoms with van der Waals surface area (Å²) in [5.74, 6) is 0.860. The highest BCUT2D eigenvalue weighted by molar-refractivity contribution is 7.49. The average Bonchev–Trinajstić information content (AvgIpc) is 3.03. The maximum Gasteiger partial charge on any atom is 0.587 e. The predicted molar refractivity (Wildman–Crippen MR) is 100 cm³/mol. The molecule has 0 spiro atoms. The third kappa shape index (κ3) is 4.17. The number of carbonyl (C=O) groups is 1. The van der Waals surface area contributed by atoms with Gasteiger partial charge in [0.15, 0.2) is 5.78 Å². The van der Waals surface area contributed by atoms with Gasteiger partial charge in [0.1, 0.15) is 11.5 Å². The number of carbonyl (C=O) groups excluding carboxylic acids is 1. The molecule has 3 rings (SSSR count). The fourth-order valence-electron chi connectivity index (χ4n) is 2.98. The number of phosphoric acid groups is 1. The lowest BCUT2D eigenvalue weighted by molar-refractivity contribution is 0.0994. The molecule has 2 aromatic rings. The van der Waals surface area contributed by atoms with E-state index >= 15 is 0 Å². The highest BCUT2D eigenvalue weighted by Crippen LogP contribution is 2.50. The Labute approximate surface area is 153 Å². The van der Waals surface area contributed by atoms with E-state index in [0.29, 0.717) is 29.9 Å². The van der Waals surface area contributed by atoms with Gasteiger partial charge < -0.3 is 9.05 Å². The van der Waals surface area contributed by atoms with E-state index in [4.69, 9.17) is 13.6 Å². The summed E-state index contributed by atoms with van der Waals surface area (Å²) in [6, 6.07) is 12.6. The van der Waals surface area contributed by atoms with Crippen molar-refractivity contribution in [3.8, 4) is 11.5 Å². The largest absolute Gasteiger partial charge is 0.587 e. The molecule has 26 heavy (non-hydrogen) atoms. The average molecular weight is 374 g/mol. The third-order valence-electron chi connectivity index (χ3n) is 4.43. The number of Topliss-reactive ketones (excluding diaryl/α,β-unsaturated/α-hetero) is 1. The van der Waals surface area contributed by atoms with Gasteiger partial charge in [0.05, 0.1) is 0 Å². The first kappa shape index (κ1) is 18.7. The minimum atomic E-state index is -3.84. The highest BCUT2D eigenvalue weighted by Gasteiger charge is 2.32. The Balaban J connectivity index is 1.75. The van der Waals surface area contributed by atoms with E-state index in [0.717, 1.165) is 24.8 Å². The fraction of sp³-hybridized carbons (Fsp3) is 0.350. The standard InChI is InChI=1S/C20H23O5P/c1-3-4-6-15-9-11-16(12-10-15)24-26(22,23-2)25-20-8-5-7-17-18(20)13-14-19(17)21/h5,7-12H,3-4,6,13-14H2,1-2H3. The van der Waals surface area contributed by atoms with Crippen molar-refractivity contribution in [2.24, 2.45) is 0 Å². The van der Waals surface area contributed by atoms with Gasteiger partial charge in [0.2, 0.25) is 0 Å². The summed E-state index contributed by atoms with van der Waals surface area (Å²) in [5.41, 5.74) is 2.57. The number of aryl methyl sites for hydroxylation is 1. The van der Waals surface area contributed by atoms with Crippen molar-refractivity contribution in [1.29, 1.82) is 0 Å². The van der Waals surface area contributed by atoms with E-state index in [-0.39, 0.29) is 5.78 Å². The number of hydrogen-bond donors (Lipinski definition) is 0. The first-order valence-corrected chi connectivity index (χ1v) is 10.3. The fourth-order valence-corrected chi connectivity index (χ4v) is 3.96. The van der Waals surface area contributed by atoms with Crippen LogP contribution < -0.4 is 9.05 Å². The summed E-state index contributed by atoms with van der Waals surface area (Å²) in [6.07, 6.45) is 4.26. The quantitative estimate of drug-likeness (QED) is 0.581. The first-order valence-electron chi connectivity index (χ1n) is 8.83. The van der Waals surface area contributed by atoms with E-state index in [1.54, 1.807) is 30.3 Å². The van der Waals surface area contributed by atoms with Crippen LogP contribution in [0.3, 0.4) is 0 Å². The molecule has 6 heteroatoms. The third-order valence-corrected chi connectivity index (χ3v) is 5.73. The van der Waals surface area contributed by atoms with Gasteiger partial charge in [0.25, 0.3) is 0 Å². The lowest BCUT2D eigenvalue weighted by Crippen LogP contribution is -2.04. The second-order valence-corrected chi connectivity index (χ2v) is 7.89. The van der Waals surface area contributed by atoms with E-state index in [1.165, 1.54) is 12.7 Å². The van der Waals surface area contributed by atoms with Crippen LogP contribution in [-0.4, -0.2) is 12.9 Å². The molecule has 0 aromatic heterocycles. The highest BCUT2D eigenvalue weighted by atomic mass is 31.2. The molecule has 1 aliphatic carbocycles. The van der Waals surface area contributed by atoms with Gasteiger partial charge in [-0.15, -0.1) is 0 Å². The maximum atomic E-state index is 12.9. The van der Waals surface area contributed by atoms with Crippen molar-refractivity contribution in [3.63, 3.8) is 0 Å². The van der Waals surface area contributed by atoms with Crippen LogP contribution in [-0.2, 0) is 21.9 Å². The molecule has 0 N–H and O–H groups in total. The molecule has 0 radical (unpaired) electrons. The van der Waals surface area contributed by atoms with Crippen LogP contribution in [0, 0.1) is 0 Å². The molecule has 1 unspecified atom stereocenters. The summed E-state index contributed by atoms with van der Waals surface area (Å²) in [7, 11) is -2.56. The van der Waals surface area contributed by atoms with Crippen LogP contribution in [0.1, 0.15) is 47.7 Å². The van der Waals surface area contributed by atoms with Crippen LogP contribution in [0.2, 0.25) is 0 Å². The normalized spacial score (nSPS) is 15.4. The maximum absolute atomic E-state index is 12.9. The van der Waals surface area contributed by atoms with Crippen LogP contribution in [0.4, 0.5) is 0 Å². The van der Waals surface area contributed by atoms with Crippen molar-refractivity contribution in [2.75, 3.05) is 7.11 Å². The lowest BCUT2D eigenvalue weighted by Gasteiger charge is -2.19. The Bertz CT molecular complexity index is 829. The summed E-state index contributed by atoms with van der Waals surface area (Å²) in [4.78, 5) is 11.9. The second kappa shape index (κ2) is 8.07. The number of unbranched alkanes of at least 4 members (excludes halogenated alkanes) is 1. The van der Waals surface area contributed by atoms with Gasteiger partial charge >= 0.3 is 7.82 Å². The smallest absolute Gasteiger partial charge is 0.395 e. The molecule has 0 bridgehead atoms. The lowest BCUT2D eigenvalue weighted by atomic mass is 10.1. The van der Waals surface area contributed by atoms with Crippen molar-refractivity contribution >= 4 is 13.6 Å². The molecule has 0 heterocycles. The monoisotopic (exact) mass is 374 g/mol. The number of phosphoric ester groups is 1. The van der Waals surface area contributed by atoms with Crippen molar-refractivity contribution < 1.29 is 22.9 Å². The second-order valence-electron chi connectivity index (χ2n) is 6.27. The molecular weight excluding hydrogens is 351 g/mol. The van der Waals surface area contributed by atoms with E-state index in [2.05, 4.69) is 6.92 Å². The van der Waals surface area contributed by atoms with E-state index < -0.39 is 7.82 Å². The van der Waals surface area contributed by atoms with Crippen molar-refractivity contribution in [3.05, 3.63) is 59.2 Å². The van der Waals surface area contributed by atoms with Gasteiger partial charge in [0, 0.05) is 24.7 Å². The molecule has 0 amide bonds. The Hall–Kier alpha value is -2.10. The molecule has 0 saturated carbocycles. The zero-order chi connectivity index (χ0) is 18.6. The number of hydrogen-bond acceptors (Lipinski definition) is 5. The summed E-state index contributed by atoms with van der Waals surface area (Å²) >= 11 is 0. The molecule has 0 aliphatic heterocycles. The summed E-state index contributed by atoms with van der Waals surface area (Å²) < 4.78 is 29.1. The zero-order valence-electron chi connectivity index (χ0n) is 15.1. The molecular formula is C20H23O5P. The van der Waals surface area contributed by atoms with Gasteiger partial charge in [-0.2, -0.15) is 0 Å². The molecule has 2 aromatic carbocycles. The SMILES string of the molecule is CCCCc1ccc(OP(=O)(OC)Oc2cccc3c2CCC3=O)cc1. The molecule has 0 fully saturated rings. The van der Waals surface area contributed by atoms with E-state index in [9.17, 15) is 9.36 Å². The minimum Gasteiger partial charge on any atom is -0.395 e. The first-order chi connectivity index (χ1) is 12.5. The summed E-state index contributed by atoms with van der Waals surface area (Å²) in [6.45, 7) is 2.15. The zero-order valence-corrected chi connectivity index (χ0v) is 16.0. The van der Waals surface area contributed by atoms with Gasteiger partial charge in [-0.05, 0) is 43.0 Å². The molecule has 5 nitrogen and oxygen atoms in total. The topological polar surface area (TPSA) is 61.8 Å². The number of benzene rings is 2. The number of rotatable bonds is 8. The molecule has 138 valence electrons. The van der Waals surface area contributed by atoms with E-state index in [1.807, 2.05) is 12.1 Å². The van der Waals surface area contributed by atoms with Gasteiger partial charge in [-0.3, -0.25) is 9.32 Å². The predicted octanol–water partition coefficient (Wildman–Crippen LogP) is 5.37. The number of fused-ring (bicyclic) bond motifs is 1. The van der Waals surface area contributed by atoms with Crippen LogP contribution >= 0.6 is 7.82 Å². The molecule has 0 saturated heterocycles. The van der Waals surface area contributed by atoms with Crippen molar-refractivity contribution in [1.82, 2.24) is 0 Å². The van der Waals surface area contributed by atoms with Crippen LogP contribution in [0.15, 0.2) is 42.5 Å². The number of ketones is 1. The van der Waals surface area contributed by atoms with Crippen LogP contribution in [0.5, 0.6) is 11.5 Å². The minimum absolute atomic E-state index is 0.0706. The van der Waals surface area contributed by atoms with Crippen LogP contribution in [0.25, 0.3) is 0 Å². The van der Waals surface area contributed by atoms with Gasteiger partial charge in [-0.1, -0.05) is 37.6 Å². The Morgan fingerprint density at radius 1 is 1.04 bits per heavy atom. The molecule has 1 aliphatic rings.